The maximum Gasteiger partial charge on any atom is 0.330 e. The molecule has 0 aliphatic heterocycles. The molecule has 1 amide bonds. The van der Waals surface area contributed by atoms with Gasteiger partial charge in [-0.05, 0) is 84.3 Å². The lowest BCUT2D eigenvalue weighted by atomic mass is 10.0. The number of carbonyl (C=O) groups excluding carboxylic acids is 2. The van der Waals surface area contributed by atoms with Crippen molar-refractivity contribution >= 4 is 58.0 Å². The lowest BCUT2D eigenvalue weighted by Gasteiger charge is -2.14. The normalized spacial score (nSPS) is 10.9. The fourth-order valence-corrected chi connectivity index (χ4v) is 4.27. The number of anilines is 3. The Labute approximate surface area is 256 Å². The van der Waals surface area contributed by atoms with E-state index in [1.54, 1.807) is 44.4 Å². The molecule has 0 fully saturated rings. The number of aryl methyl sites for hydroxylation is 1. The molecule has 4 aromatic rings. The van der Waals surface area contributed by atoms with E-state index in [9.17, 15) is 14.0 Å². The minimum absolute atomic E-state index is 0.259. The summed E-state index contributed by atoms with van der Waals surface area (Å²) in [4.78, 5) is 41.5. The first-order valence-electron chi connectivity index (χ1n) is 13.2. The monoisotopic (exact) mass is 681 g/mol. The smallest absolute Gasteiger partial charge is 0.330 e. The van der Waals surface area contributed by atoms with Crippen LogP contribution in [0.4, 0.5) is 21.8 Å². The van der Waals surface area contributed by atoms with E-state index in [0.29, 0.717) is 47.1 Å². The molecule has 216 valence electrons. The van der Waals surface area contributed by atoms with E-state index in [4.69, 9.17) is 4.74 Å². The standard InChI is InChI=1S/C30H29FIN7O3/c1-3-42-27(40)11-8-20-6-4-7-21(14-20)23-17-37-30(38-22-9-10-24(31)25(32)15-22)39-28(23)33-12-5-13-34-29(41)26-18-35-19(2)16-36-26/h4,6-11,14-18H,3,5,12-13H2,1-2H3,(H,34,41)(H2,33,37,38,39)/b11-8+. The van der Waals surface area contributed by atoms with Gasteiger partial charge in [0.25, 0.3) is 5.91 Å². The number of hydrogen-bond acceptors (Lipinski definition) is 9. The molecular formula is C30H29FIN7O3. The van der Waals surface area contributed by atoms with Crippen LogP contribution in [-0.4, -0.2) is 51.5 Å². The van der Waals surface area contributed by atoms with Crippen LogP contribution in [0.2, 0.25) is 0 Å². The van der Waals surface area contributed by atoms with Gasteiger partial charge in [0.2, 0.25) is 5.95 Å². The average molecular weight is 682 g/mol. The van der Waals surface area contributed by atoms with Crippen molar-refractivity contribution in [1.29, 1.82) is 0 Å². The van der Waals surface area contributed by atoms with E-state index in [1.165, 1.54) is 18.3 Å². The maximum absolute atomic E-state index is 13.7. The Hall–Kier alpha value is -4.46. The third-order valence-corrected chi connectivity index (χ3v) is 6.63. The van der Waals surface area contributed by atoms with Gasteiger partial charge in [-0.3, -0.25) is 9.78 Å². The minimum Gasteiger partial charge on any atom is -0.463 e. The highest BCUT2D eigenvalue weighted by Crippen LogP contribution is 2.29. The number of hydrogen-bond donors (Lipinski definition) is 3. The highest BCUT2D eigenvalue weighted by Gasteiger charge is 2.12. The van der Waals surface area contributed by atoms with Gasteiger partial charge in [0.05, 0.1) is 22.1 Å². The van der Waals surface area contributed by atoms with Crippen molar-refractivity contribution in [3.8, 4) is 11.1 Å². The fraction of sp³-hybridized carbons (Fsp3) is 0.200. The molecule has 0 saturated heterocycles. The molecular weight excluding hydrogens is 652 g/mol. The zero-order chi connectivity index (χ0) is 29.9. The molecule has 2 aromatic heterocycles. The second-order valence-corrected chi connectivity index (χ2v) is 10.2. The van der Waals surface area contributed by atoms with Crippen molar-refractivity contribution in [3.05, 3.63) is 93.5 Å². The maximum atomic E-state index is 13.7. The molecule has 0 aliphatic rings. The fourth-order valence-electron chi connectivity index (χ4n) is 3.75. The Morgan fingerprint density at radius 1 is 1.05 bits per heavy atom. The average Bonchev–Trinajstić information content (AvgIpc) is 2.98. The van der Waals surface area contributed by atoms with Crippen LogP contribution in [0.15, 0.2) is 67.1 Å². The summed E-state index contributed by atoms with van der Waals surface area (Å²) in [6.45, 7) is 4.77. The molecule has 0 bridgehead atoms. The summed E-state index contributed by atoms with van der Waals surface area (Å²) < 4.78 is 19.2. The number of esters is 1. The van der Waals surface area contributed by atoms with E-state index in [1.807, 2.05) is 46.9 Å². The van der Waals surface area contributed by atoms with Crippen molar-refractivity contribution in [2.75, 3.05) is 30.3 Å². The van der Waals surface area contributed by atoms with Gasteiger partial charge in [-0.15, -0.1) is 0 Å². The number of carbonyl (C=O) groups is 2. The largest absolute Gasteiger partial charge is 0.463 e. The van der Waals surface area contributed by atoms with Gasteiger partial charge in [-0.2, -0.15) is 4.98 Å². The Balaban J connectivity index is 1.50. The number of halogens is 2. The number of nitrogens with one attached hydrogen (secondary N) is 3. The summed E-state index contributed by atoms with van der Waals surface area (Å²) in [6, 6.07) is 12.2. The second kappa shape index (κ2) is 15.0. The highest BCUT2D eigenvalue weighted by molar-refractivity contribution is 14.1. The lowest BCUT2D eigenvalue weighted by Crippen LogP contribution is -2.26. The predicted octanol–water partition coefficient (Wildman–Crippen LogP) is 5.54. The summed E-state index contributed by atoms with van der Waals surface area (Å²) in [6.07, 6.45) is 8.36. The zero-order valence-electron chi connectivity index (χ0n) is 23.0. The van der Waals surface area contributed by atoms with E-state index in [0.717, 1.165) is 22.4 Å². The third-order valence-electron chi connectivity index (χ3n) is 5.81. The van der Waals surface area contributed by atoms with Gasteiger partial charge in [0, 0.05) is 42.8 Å². The van der Waals surface area contributed by atoms with E-state index in [2.05, 4.69) is 35.9 Å². The molecule has 12 heteroatoms. The van der Waals surface area contributed by atoms with Gasteiger partial charge in [-0.25, -0.2) is 19.2 Å². The Kier molecular flexibility index (Phi) is 10.9. The Bertz CT molecular complexity index is 1580. The molecule has 2 aromatic carbocycles. The molecule has 0 unspecified atom stereocenters. The SMILES string of the molecule is CCOC(=O)/C=C/c1cccc(-c2cnc(Nc3ccc(F)c(I)c3)nc2NCCCNC(=O)c2cnc(C)cn2)c1. The van der Waals surface area contributed by atoms with Gasteiger partial charge in [-0.1, -0.05) is 18.2 Å². The van der Waals surface area contributed by atoms with Crippen LogP contribution >= 0.6 is 22.6 Å². The quantitative estimate of drug-likeness (QED) is 0.0764. The zero-order valence-corrected chi connectivity index (χ0v) is 25.2. The number of nitrogens with zero attached hydrogens (tertiary/aromatic N) is 4. The van der Waals surface area contributed by atoms with Gasteiger partial charge in [0.15, 0.2) is 0 Å². The molecule has 0 radical (unpaired) electrons. The number of aromatic nitrogens is 4. The molecule has 0 aliphatic carbocycles. The van der Waals surface area contributed by atoms with E-state index in [-0.39, 0.29) is 17.4 Å². The summed E-state index contributed by atoms with van der Waals surface area (Å²) in [5, 5.41) is 9.30. The molecule has 3 N–H and O–H groups in total. The molecule has 0 atom stereocenters. The van der Waals surface area contributed by atoms with E-state index < -0.39 is 5.97 Å². The van der Waals surface area contributed by atoms with Crippen molar-refractivity contribution in [3.63, 3.8) is 0 Å². The van der Waals surface area contributed by atoms with Crippen LogP contribution in [0.25, 0.3) is 17.2 Å². The topological polar surface area (TPSA) is 131 Å². The molecule has 42 heavy (non-hydrogen) atoms. The first-order chi connectivity index (χ1) is 20.3. The second-order valence-electron chi connectivity index (χ2n) is 9.00. The predicted molar refractivity (Wildman–Crippen MR) is 168 cm³/mol. The van der Waals surface area contributed by atoms with Crippen LogP contribution in [0.3, 0.4) is 0 Å². The third kappa shape index (κ3) is 8.77. The lowest BCUT2D eigenvalue weighted by molar-refractivity contribution is -0.137. The molecule has 2 heterocycles. The summed E-state index contributed by atoms with van der Waals surface area (Å²) in [5.41, 5.74) is 4.01. The van der Waals surface area contributed by atoms with Crippen LogP contribution < -0.4 is 16.0 Å². The highest BCUT2D eigenvalue weighted by atomic mass is 127. The number of amides is 1. The molecule has 0 saturated carbocycles. The first-order valence-corrected chi connectivity index (χ1v) is 14.3. The van der Waals surface area contributed by atoms with E-state index >= 15 is 0 Å². The van der Waals surface area contributed by atoms with Gasteiger partial charge in [0.1, 0.15) is 17.3 Å². The van der Waals surface area contributed by atoms with Crippen LogP contribution in [0.1, 0.15) is 35.1 Å². The van der Waals surface area contributed by atoms with Crippen LogP contribution in [-0.2, 0) is 9.53 Å². The summed E-state index contributed by atoms with van der Waals surface area (Å²) >= 11 is 1.93. The first kappa shape index (κ1) is 30.5. The summed E-state index contributed by atoms with van der Waals surface area (Å²) in [5.74, 6) is -0.127. The molecule has 10 nitrogen and oxygen atoms in total. The van der Waals surface area contributed by atoms with Gasteiger partial charge >= 0.3 is 5.97 Å². The molecule has 4 rings (SSSR count). The van der Waals surface area contributed by atoms with Gasteiger partial charge < -0.3 is 20.7 Å². The number of rotatable bonds is 12. The van der Waals surface area contributed by atoms with Crippen molar-refractivity contribution in [1.82, 2.24) is 25.3 Å². The van der Waals surface area contributed by atoms with Crippen molar-refractivity contribution in [2.45, 2.75) is 20.3 Å². The van der Waals surface area contributed by atoms with Crippen LogP contribution in [0.5, 0.6) is 0 Å². The van der Waals surface area contributed by atoms with Crippen LogP contribution in [0, 0.1) is 16.3 Å². The van der Waals surface area contributed by atoms with Crippen molar-refractivity contribution in [2.24, 2.45) is 0 Å². The minimum atomic E-state index is -0.416. The molecule has 0 spiro atoms. The Morgan fingerprint density at radius 3 is 2.67 bits per heavy atom. The summed E-state index contributed by atoms with van der Waals surface area (Å²) in [7, 11) is 0. The number of ether oxygens (including phenoxy) is 1. The van der Waals surface area contributed by atoms with Crippen molar-refractivity contribution < 1.29 is 18.7 Å². The Morgan fingerprint density at radius 2 is 1.90 bits per heavy atom. The number of benzene rings is 2.